The van der Waals surface area contributed by atoms with Gasteiger partial charge in [-0.2, -0.15) is 0 Å². The second kappa shape index (κ2) is 14.2. The number of hydrogen-bond acceptors (Lipinski definition) is 9. The number of carbonyl (C=O) groups excluding carboxylic acids is 1. The lowest BCUT2D eigenvalue weighted by atomic mass is 9.99. The maximum Gasteiger partial charge on any atom is 0.305 e. The topological polar surface area (TPSA) is 146 Å². The van der Waals surface area contributed by atoms with Gasteiger partial charge >= 0.3 is 5.97 Å². The Balaban J connectivity index is 2.15. The predicted molar refractivity (Wildman–Crippen MR) is 99.3 cm³/mol. The molecule has 6 atom stereocenters. The average molecular weight is 408 g/mol. The minimum atomic E-state index is -1.55. The lowest BCUT2D eigenvalue weighted by Crippen LogP contribution is -2.59. The maximum atomic E-state index is 11.7. The molecule has 0 aromatic rings. The van der Waals surface area contributed by atoms with Crippen LogP contribution in [0.5, 0.6) is 0 Å². The lowest BCUT2D eigenvalue weighted by Gasteiger charge is -2.39. The van der Waals surface area contributed by atoms with Gasteiger partial charge in [0.15, 0.2) is 6.29 Å². The van der Waals surface area contributed by atoms with E-state index >= 15 is 0 Å². The largest absolute Gasteiger partial charge is 0.463 e. The van der Waals surface area contributed by atoms with Crippen molar-refractivity contribution in [2.24, 2.45) is 0 Å². The third kappa shape index (κ3) is 9.13. The third-order valence-corrected chi connectivity index (χ3v) is 4.72. The lowest BCUT2D eigenvalue weighted by molar-refractivity contribution is -0.305. The van der Waals surface area contributed by atoms with E-state index in [1.807, 2.05) is 0 Å². The van der Waals surface area contributed by atoms with Crippen LogP contribution < -0.4 is 0 Å². The van der Waals surface area contributed by atoms with Gasteiger partial charge in [-0.3, -0.25) is 4.79 Å². The second-order valence-corrected chi connectivity index (χ2v) is 7.24. The van der Waals surface area contributed by atoms with E-state index < -0.39 is 43.4 Å². The minimum Gasteiger partial charge on any atom is -0.463 e. The highest BCUT2D eigenvalue weighted by Crippen LogP contribution is 2.22. The van der Waals surface area contributed by atoms with Gasteiger partial charge in [0.2, 0.25) is 0 Å². The van der Waals surface area contributed by atoms with Crippen LogP contribution in [0.25, 0.3) is 0 Å². The van der Waals surface area contributed by atoms with Crippen molar-refractivity contribution in [3.05, 3.63) is 0 Å². The van der Waals surface area contributed by atoms with E-state index in [4.69, 9.17) is 19.3 Å². The molecule has 5 N–H and O–H groups in total. The van der Waals surface area contributed by atoms with Crippen molar-refractivity contribution < 1.29 is 44.5 Å². The zero-order valence-corrected chi connectivity index (χ0v) is 16.6. The van der Waals surface area contributed by atoms with Crippen LogP contribution >= 0.6 is 0 Å². The summed E-state index contributed by atoms with van der Waals surface area (Å²) < 4.78 is 15.3. The van der Waals surface area contributed by atoms with Crippen molar-refractivity contribution in [2.75, 3.05) is 19.8 Å². The maximum absolute atomic E-state index is 11.7. The summed E-state index contributed by atoms with van der Waals surface area (Å²) in [4.78, 5) is 11.7. The summed E-state index contributed by atoms with van der Waals surface area (Å²) in [6.07, 6.45) is -0.131. The summed E-state index contributed by atoms with van der Waals surface area (Å²) in [6.45, 7) is 1.03. The summed E-state index contributed by atoms with van der Waals surface area (Å²) in [7, 11) is 0. The molecule has 0 radical (unpaired) electrons. The Hall–Kier alpha value is -0.810. The Kier molecular flexibility index (Phi) is 12.8. The first-order valence-corrected chi connectivity index (χ1v) is 10.2. The van der Waals surface area contributed by atoms with Gasteiger partial charge in [-0.1, -0.05) is 45.4 Å². The first-order chi connectivity index (χ1) is 13.4. The molecule has 9 heteroatoms. The number of rotatable bonds is 14. The first kappa shape index (κ1) is 25.2. The van der Waals surface area contributed by atoms with Crippen LogP contribution in [-0.4, -0.2) is 88.1 Å². The molecule has 1 rings (SSSR count). The molecule has 0 aliphatic carbocycles. The van der Waals surface area contributed by atoms with E-state index in [-0.39, 0.29) is 19.2 Å². The second-order valence-electron chi connectivity index (χ2n) is 7.24. The molecule has 166 valence electrons. The van der Waals surface area contributed by atoms with E-state index in [1.54, 1.807) is 0 Å². The smallest absolute Gasteiger partial charge is 0.305 e. The summed E-state index contributed by atoms with van der Waals surface area (Å²) in [5, 5.41) is 48.1. The SMILES string of the molecule is CCCCCCCCCC(=O)OCC(O)COC1O[C@H](CO)[C@H](O)[C@H](O)[C@H]1O. The summed E-state index contributed by atoms with van der Waals surface area (Å²) >= 11 is 0. The van der Waals surface area contributed by atoms with Gasteiger partial charge in [-0.25, -0.2) is 0 Å². The molecule has 1 fully saturated rings. The summed E-state index contributed by atoms with van der Waals surface area (Å²) in [6, 6.07) is 0. The van der Waals surface area contributed by atoms with Crippen molar-refractivity contribution in [3.63, 3.8) is 0 Å². The highest BCUT2D eigenvalue weighted by molar-refractivity contribution is 5.69. The van der Waals surface area contributed by atoms with E-state index in [2.05, 4.69) is 6.92 Å². The predicted octanol–water partition coefficient (Wildman–Crippen LogP) is -0.152. The summed E-state index contributed by atoms with van der Waals surface area (Å²) in [5.74, 6) is -0.388. The fraction of sp³-hybridized carbons (Fsp3) is 0.947. The van der Waals surface area contributed by atoms with Crippen LogP contribution in [0, 0.1) is 0 Å². The molecule has 0 amide bonds. The molecule has 0 aromatic heterocycles. The molecule has 28 heavy (non-hydrogen) atoms. The molecule has 2 unspecified atom stereocenters. The minimum absolute atomic E-state index is 0.257. The fourth-order valence-electron chi connectivity index (χ4n) is 2.95. The quantitative estimate of drug-likeness (QED) is 0.196. The molecule has 1 aliphatic rings. The van der Waals surface area contributed by atoms with Crippen LogP contribution in [0.4, 0.5) is 0 Å². The van der Waals surface area contributed by atoms with Crippen molar-refractivity contribution >= 4 is 5.97 Å². The fourth-order valence-corrected chi connectivity index (χ4v) is 2.95. The van der Waals surface area contributed by atoms with Gasteiger partial charge < -0.3 is 39.7 Å². The van der Waals surface area contributed by atoms with Gasteiger partial charge in [0.1, 0.15) is 37.1 Å². The van der Waals surface area contributed by atoms with Gasteiger partial charge in [-0.05, 0) is 6.42 Å². The Morgan fingerprint density at radius 1 is 0.964 bits per heavy atom. The van der Waals surface area contributed by atoms with Gasteiger partial charge in [-0.15, -0.1) is 0 Å². The van der Waals surface area contributed by atoms with Crippen LogP contribution in [0.1, 0.15) is 58.3 Å². The summed E-state index contributed by atoms with van der Waals surface area (Å²) in [5.41, 5.74) is 0. The number of hydrogen-bond donors (Lipinski definition) is 5. The molecular weight excluding hydrogens is 372 g/mol. The normalized spacial score (nSPS) is 28.9. The molecule has 0 spiro atoms. The number of aliphatic hydroxyl groups excluding tert-OH is 5. The Labute approximate surface area is 166 Å². The van der Waals surface area contributed by atoms with E-state index in [1.165, 1.54) is 25.7 Å². The van der Waals surface area contributed by atoms with Crippen LogP contribution in [0.2, 0.25) is 0 Å². The molecule has 0 saturated carbocycles. The average Bonchev–Trinajstić information content (AvgIpc) is 2.69. The van der Waals surface area contributed by atoms with Gasteiger partial charge in [0, 0.05) is 6.42 Å². The number of esters is 1. The van der Waals surface area contributed by atoms with Crippen molar-refractivity contribution in [3.8, 4) is 0 Å². The van der Waals surface area contributed by atoms with Crippen LogP contribution in [0.15, 0.2) is 0 Å². The Morgan fingerprint density at radius 2 is 1.61 bits per heavy atom. The van der Waals surface area contributed by atoms with Crippen molar-refractivity contribution in [1.82, 2.24) is 0 Å². The monoisotopic (exact) mass is 408 g/mol. The van der Waals surface area contributed by atoms with E-state index in [9.17, 15) is 25.2 Å². The van der Waals surface area contributed by atoms with E-state index in [0.717, 1.165) is 19.3 Å². The Morgan fingerprint density at radius 3 is 2.25 bits per heavy atom. The number of ether oxygens (including phenoxy) is 3. The zero-order chi connectivity index (χ0) is 20.9. The highest BCUT2D eigenvalue weighted by Gasteiger charge is 2.44. The third-order valence-electron chi connectivity index (χ3n) is 4.72. The number of aliphatic hydroxyl groups is 5. The van der Waals surface area contributed by atoms with Crippen LogP contribution in [0.3, 0.4) is 0 Å². The highest BCUT2D eigenvalue weighted by atomic mass is 16.7. The van der Waals surface area contributed by atoms with Gasteiger partial charge in [0.05, 0.1) is 13.2 Å². The standard InChI is InChI=1S/C19H36O9/c1-2-3-4-5-6-7-8-9-15(22)26-11-13(21)12-27-19-18(25)17(24)16(23)14(10-20)28-19/h13-14,16-21,23-25H,2-12H2,1H3/t13?,14-,16+,17+,18-,19?/m1/s1. The number of unbranched alkanes of at least 4 members (excludes halogenated alkanes) is 6. The molecular formula is C19H36O9. The molecule has 1 heterocycles. The van der Waals surface area contributed by atoms with Crippen LogP contribution in [-0.2, 0) is 19.0 Å². The van der Waals surface area contributed by atoms with Crippen molar-refractivity contribution in [2.45, 2.75) is 95.1 Å². The molecule has 1 aliphatic heterocycles. The van der Waals surface area contributed by atoms with Gasteiger partial charge in [0.25, 0.3) is 0 Å². The molecule has 9 nitrogen and oxygen atoms in total. The first-order valence-electron chi connectivity index (χ1n) is 10.2. The zero-order valence-electron chi connectivity index (χ0n) is 16.6. The molecule has 0 bridgehead atoms. The number of carbonyl (C=O) groups is 1. The molecule has 0 aromatic carbocycles. The Bertz CT molecular complexity index is 418. The van der Waals surface area contributed by atoms with E-state index in [0.29, 0.717) is 6.42 Å². The van der Waals surface area contributed by atoms with Crippen molar-refractivity contribution in [1.29, 1.82) is 0 Å². The molecule has 1 saturated heterocycles.